The predicted octanol–water partition coefficient (Wildman–Crippen LogP) is 4.43. The van der Waals surface area contributed by atoms with Gasteiger partial charge in [0, 0.05) is 6.42 Å². The molecule has 0 saturated carbocycles. The highest BCUT2D eigenvalue weighted by Gasteiger charge is 2.06. The van der Waals surface area contributed by atoms with Gasteiger partial charge in [-0.2, -0.15) is 0 Å². The fourth-order valence-corrected chi connectivity index (χ4v) is 3.31. The minimum Gasteiger partial charge on any atom is -0.398 e. The molecule has 0 aliphatic carbocycles. The van der Waals surface area contributed by atoms with Crippen LogP contribution in [-0.2, 0) is 6.42 Å². The highest BCUT2D eigenvalue weighted by Crippen LogP contribution is 2.26. The van der Waals surface area contributed by atoms with Gasteiger partial charge in [-0.1, -0.05) is 23.7 Å². The quantitative estimate of drug-likeness (QED) is 0.709. The minimum atomic E-state index is 0.606. The Bertz CT molecular complexity index is 749. The normalized spacial score (nSPS) is 11.1. The molecule has 1 aromatic heterocycles. The molecule has 0 amide bonds. The van der Waals surface area contributed by atoms with Gasteiger partial charge in [-0.05, 0) is 42.3 Å². The Hall–Kier alpha value is -1.58. The zero-order valence-corrected chi connectivity index (χ0v) is 12.1. The van der Waals surface area contributed by atoms with E-state index in [1.165, 1.54) is 10.3 Å². The van der Waals surface area contributed by atoms with Crippen LogP contribution in [0.2, 0.25) is 5.02 Å². The molecule has 4 heteroatoms. The molecule has 0 saturated heterocycles. The first-order chi connectivity index (χ1) is 9.11. The van der Waals surface area contributed by atoms with Crippen LogP contribution in [0.25, 0.3) is 10.2 Å². The van der Waals surface area contributed by atoms with Crippen molar-refractivity contribution in [2.45, 2.75) is 13.3 Å². The molecule has 0 bridgehead atoms. The van der Waals surface area contributed by atoms with Crippen molar-refractivity contribution in [2.24, 2.45) is 0 Å². The lowest BCUT2D eigenvalue weighted by Crippen LogP contribution is -1.90. The van der Waals surface area contributed by atoms with E-state index < -0.39 is 0 Å². The summed E-state index contributed by atoms with van der Waals surface area (Å²) in [6.45, 7) is 2.10. The number of rotatable bonds is 2. The number of nitrogens with zero attached hydrogens (tertiary/aromatic N) is 1. The van der Waals surface area contributed by atoms with Gasteiger partial charge in [-0.25, -0.2) is 4.98 Å². The van der Waals surface area contributed by atoms with E-state index in [1.54, 1.807) is 11.3 Å². The molecule has 0 spiro atoms. The van der Waals surface area contributed by atoms with Crippen LogP contribution >= 0.6 is 22.9 Å². The van der Waals surface area contributed by atoms with E-state index in [9.17, 15) is 0 Å². The third-order valence-corrected chi connectivity index (χ3v) is 4.35. The van der Waals surface area contributed by atoms with Crippen molar-refractivity contribution in [3.63, 3.8) is 0 Å². The Labute approximate surface area is 120 Å². The number of anilines is 1. The molecule has 96 valence electrons. The summed E-state index contributed by atoms with van der Waals surface area (Å²) in [5.41, 5.74) is 9.79. The largest absolute Gasteiger partial charge is 0.398 e. The Kier molecular flexibility index (Phi) is 3.17. The summed E-state index contributed by atoms with van der Waals surface area (Å²) in [6, 6.07) is 12.1. The topological polar surface area (TPSA) is 38.9 Å². The van der Waals surface area contributed by atoms with Crippen LogP contribution in [0.5, 0.6) is 0 Å². The first kappa shape index (κ1) is 12.5. The highest BCUT2D eigenvalue weighted by atomic mass is 35.5. The van der Waals surface area contributed by atoms with Crippen LogP contribution in [0.4, 0.5) is 5.69 Å². The van der Waals surface area contributed by atoms with Gasteiger partial charge < -0.3 is 5.73 Å². The van der Waals surface area contributed by atoms with Crippen molar-refractivity contribution in [2.75, 3.05) is 5.73 Å². The summed E-state index contributed by atoms with van der Waals surface area (Å²) in [5, 5.41) is 1.70. The van der Waals surface area contributed by atoms with Crippen molar-refractivity contribution < 1.29 is 0 Å². The number of aryl methyl sites for hydroxylation is 1. The average Bonchev–Trinajstić information content (AvgIpc) is 2.75. The molecular weight excluding hydrogens is 276 g/mol. The lowest BCUT2D eigenvalue weighted by molar-refractivity contribution is 1.16. The number of benzene rings is 2. The van der Waals surface area contributed by atoms with Gasteiger partial charge in [-0.3, -0.25) is 0 Å². The van der Waals surface area contributed by atoms with Crippen LogP contribution in [-0.4, -0.2) is 4.98 Å². The van der Waals surface area contributed by atoms with E-state index in [-0.39, 0.29) is 0 Å². The summed E-state index contributed by atoms with van der Waals surface area (Å²) < 4.78 is 1.23. The Balaban J connectivity index is 1.94. The number of hydrogen-bond acceptors (Lipinski definition) is 3. The van der Waals surface area contributed by atoms with E-state index in [2.05, 4.69) is 30.1 Å². The van der Waals surface area contributed by atoms with E-state index in [4.69, 9.17) is 17.3 Å². The molecule has 0 atom stereocenters. The highest BCUT2D eigenvalue weighted by molar-refractivity contribution is 7.18. The van der Waals surface area contributed by atoms with Crippen LogP contribution in [0.15, 0.2) is 36.4 Å². The molecule has 0 radical (unpaired) electrons. The number of halogens is 1. The third-order valence-electron chi connectivity index (χ3n) is 3.01. The van der Waals surface area contributed by atoms with Crippen molar-refractivity contribution in [3.8, 4) is 0 Å². The van der Waals surface area contributed by atoms with Gasteiger partial charge in [0.25, 0.3) is 0 Å². The molecule has 0 fully saturated rings. The fourth-order valence-electron chi connectivity index (χ4n) is 2.01. The second kappa shape index (κ2) is 4.83. The number of nitrogens with two attached hydrogens (primary N) is 1. The Morgan fingerprint density at radius 1 is 1.21 bits per heavy atom. The first-order valence-corrected chi connectivity index (χ1v) is 7.21. The van der Waals surface area contributed by atoms with E-state index in [0.717, 1.165) is 22.5 Å². The van der Waals surface area contributed by atoms with Gasteiger partial charge in [0.2, 0.25) is 0 Å². The van der Waals surface area contributed by atoms with Gasteiger partial charge in [0.05, 0.1) is 25.9 Å². The SMILES string of the molecule is Cc1ccc2nc(Cc3ccc(N)c(Cl)c3)sc2c1. The lowest BCUT2D eigenvalue weighted by atomic mass is 10.1. The lowest BCUT2D eigenvalue weighted by Gasteiger charge is -2.01. The maximum Gasteiger partial charge on any atom is 0.0982 e. The molecule has 0 aliphatic rings. The Morgan fingerprint density at radius 3 is 2.84 bits per heavy atom. The molecule has 2 N–H and O–H groups in total. The van der Waals surface area contributed by atoms with Crippen LogP contribution in [0, 0.1) is 6.92 Å². The van der Waals surface area contributed by atoms with Crippen LogP contribution < -0.4 is 5.73 Å². The smallest absolute Gasteiger partial charge is 0.0982 e. The maximum absolute atomic E-state index is 6.04. The molecule has 0 aliphatic heterocycles. The maximum atomic E-state index is 6.04. The standard InChI is InChI=1S/C15H13ClN2S/c1-9-2-5-13-14(6-9)19-15(18-13)8-10-3-4-12(17)11(16)7-10/h2-7H,8,17H2,1H3. The monoisotopic (exact) mass is 288 g/mol. The van der Waals surface area contributed by atoms with Gasteiger partial charge >= 0.3 is 0 Å². The van der Waals surface area contributed by atoms with E-state index in [1.807, 2.05) is 18.2 Å². The second-order valence-electron chi connectivity index (χ2n) is 4.61. The van der Waals surface area contributed by atoms with Crippen molar-refractivity contribution in [1.82, 2.24) is 4.98 Å². The van der Waals surface area contributed by atoms with Gasteiger partial charge in [-0.15, -0.1) is 11.3 Å². The average molecular weight is 289 g/mol. The number of aromatic nitrogens is 1. The summed E-state index contributed by atoms with van der Waals surface area (Å²) in [6.07, 6.45) is 0.790. The fraction of sp³-hybridized carbons (Fsp3) is 0.133. The summed E-state index contributed by atoms with van der Waals surface area (Å²) in [4.78, 5) is 4.65. The molecule has 3 aromatic rings. The van der Waals surface area contributed by atoms with E-state index >= 15 is 0 Å². The number of nitrogen functional groups attached to an aromatic ring is 1. The summed E-state index contributed by atoms with van der Waals surface area (Å²) in [5.74, 6) is 0. The predicted molar refractivity (Wildman–Crippen MR) is 83.0 cm³/mol. The first-order valence-electron chi connectivity index (χ1n) is 6.02. The molecule has 3 rings (SSSR count). The van der Waals surface area contributed by atoms with Crippen molar-refractivity contribution in [1.29, 1.82) is 0 Å². The number of thiazole rings is 1. The Morgan fingerprint density at radius 2 is 2.05 bits per heavy atom. The molecule has 19 heavy (non-hydrogen) atoms. The van der Waals surface area contributed by atoms with E-state index in [0.29, 0.717) is 10.7 Å². The summed E-state index contributed by atoms with van der Waals surface area (Å²) >= 11 is 7.77. The van der Waals surface area contributed by atoms with Gasteiger partial charge in [0.1, 0.15) is 0 Å². The van der Waals surface area contributed by atoms with Gasteiger partial charge in [0.15, 0.2) is 0 Å². The molecule has 2 aromatic carbocycles. The molecule has 2 nitrogen and oxygen atoms in total. The zero-order valence-electron chi connectivity index (χ0n) is 10.5. The molecule has 1 heterocycles. The minimum absolute atomic E-state index is 0.606. The van der Waals surface area contributed by atoms with Crippen molar-refractivity contribution >= 4 is 38.8 Å². The van der Waals surface area contributed by atoms with Crippen molar-refractivity contribution in [3.05, 3.63) is 57.6 Å². The third kappa shape index (κ3) is 2.57. The van der Waals surface area contributed by atoms with Crippen LogP contribution in [0.3, 0.4) is 0 Å². The molecule has 0 unspecified atom stereocenters. The number of fused-ring (bicyclic) bond motifs is 1. The zero-order chi connectivity index (χ0) is 13.4. The summed E-state index contributed by atoms with van der Waals surface area (Å²) in [7, 11) is 0. The number of hydrogen-bond donors (Lipinski definition) is 1. The second-order valence-corrected chi connectivity index (χ2v) is 6.13. The van der Waals surface area contributed by atoms with Crippen LogP contribution in [0.1, 0.15) is 16.1 Å². The molecular formula is C15H13ClN2S.